The molecule has 0 unspecified atom stereocenters. The van der Waals surface area contributed by atoms with Crippen LogP contribution in [0.15, 0.2) is 41.7 Å². The van der Waals surface area contributed by atoms with Gasteiger partial charge in [-0.15, -0.1) is 0 Å². The average molecular weight is 273 g/mol. The molecule has 20 heavy (non-hydrogen) atoms. The van der Waals surface area contributed by atoms with Crippen molar-refractivity contribution < 1.29 is 0 Å². The molecule has 0 heterocycles. The highest BCUT2D eigenvalue weighted by atomic mass is 15.5. The first-order chi connectivity index (χ1) is 9.72. The number of hydrogen-bond acceptors (Lipinski definition) is 3. The zero-order chi connectivity index (χ0) is 14.4. The van der Waals surface area contributed by atoms with Crippen molar-refractivity contribution in [1.29, 1.82) is 0 Å². The van der Waals surface area contributed by atoms with Gasteiger partial charge in [-0.25, -0.2) is 5.43 Å². The van der Waals surface area contributed by atoms with E-state index in [1.807, 2.05) is 19.1 Å². The summed E-state index contributed by atoms with van der Waals surface area (Å²) in [4.78, 5) is 0. The molecule has 3 heteroatoms. The summed E-state index contributed by atoms with van der Waals surface area (Å²) in [5, 5.41) is 1.94. The Morgan fingerprint density at radius 3 is 2.45 bits per heavy atom. The van der Waals surface area contributed by atoms with Gasteiger partial charge < -0.3 is 5.73 Å². The quantitative estimate of drug-likeness (QED) is 0.810. The highest BCUT2D eigenvalue weighted by Crippen LogP contribution is 2.32. The van der Waals surface area contributed by atoms with Crippen molar-refractivity contribution >= 4 is 0 Å². The van der Waals surface area contributed by atoms with E-state index in [9.17, 15) is 0 Å². The van der Waals surface area contributed by atoms with E-state index in [0.717, 1.165) is 12.2 Å². The molecular weight excluding hydrogens is 246 g/mol. The molecular formula is C17H27N3. The van der Waals surface area contributed by atoms with Crippen molar-refractivity contribution in [2.24, 2.45) is 11.7 Å². The Hall–Kier alpha value is -1.48. The van der Waals surface area contributed by atoms with Gasteiger partial charge in [0.15, 0.2) is 0 Å². The fourth-order valence-corrected chi connectivity index (χ4v) is 3.05. The molecule has 1 saturated carbocycles. The van der Waals surface area contributed by atoms with Crippen molar-refractivity contribution in [2.45, 2.75) is 38.5 Å². The van der Waals surface area contributed by atoms with Crippen molar-refractivity contribution in [2.75, 3.05) is 14.1 Å². The first kappa shape index (κ1) is 14.9. The van der Waals surface area contributed by atoms with Gasteiger partial charge in [0.05, 0.1) is 0 Å². The van der Waals surface area contributed by atoms with Crippen molar-refractivity contribution in [3.05, 3.63) is 47.3 Å². The molecule has 0 amide bonds. The minimum atomic E-state index is 0.639. The Bertz CT molecular complexity index is 433. The van der Waals surface area contributed by atoms with Crippen LogP contribution in [0.1, 0.15) is 37.7 Å². The van der Waals surface area contributed by atoms with Crippen LogP contribution in [0.2, 0.25) is 0 Å². The minimum absolute atomic E-state index is 0.639. The van der Waals surface area contributed by atoms with E-state index in [0.29, 0.717) is 5.92 Å². The van der Waals surface area contributed by atoms with Gasteiger partial charge in [-0.05, 0) is 36.3 Å². The standard InChI is InChI=1S/C17H27N3/c1-19-20(2)17(18)16(15-11-7-4-8-12-15)13-14-9-5-3-6-10-14/h3,5-6,9-10,15,19H,4,7-8,11-13,18H2,1-2H3/b17-16+. The smallest absolute Gasteiger partial charge is 0.113 e. The van der Waals surface area contributed by atoms with Gasteiger partial charge in [0.25, 0.3) is 0 Å². The summed E-state index contributed by atoms with van der Waals surface area (Å²) in [6.45, 7) is 0. The van der Waals surface area contributed by atoms with Crippen LogP contribution in [0.3, 0.4) is 0 Å². The lowest BCUT2D eigenvalue weighted by Gasteiger charge is -2.29. The van der Waals surface area contributed by atoms with Crippen LogP contribution < -0.4 is 11.2 Å². The monoisotopic (exact) mass is 273 g/mol. The Kier molecular flexibility index (Phi) is 5.48. The first-order valence-corrected chi connectivity index (χ1v) is 7.66. The van der Waals surface area contributed by atoms with Gasteiger partial charge in [0.1, 0.15) is 5.82 Å². The third-order valence-corrected chi connectivity index (χ3v) is 4.36. The summed E-state index contributed by atoms with van der Waals surface area (Å²) in [5.74, 6) is 1.53. The first-order valence-electron chi connectivity index (χ1n) is 7.66. The highest BCUT2D eigenvalue weighted by molar-refractivity contribution is 5.25. The van der Waals surface area contributed by atoms with Gasteiger partial charge in [0, 0.05) is 14.1 Å². The average Bonchev–Trinajstić information content (AvgIpc) is 2.53. The maximum atomic E-state index is 6.39. The van der Waals surface area contributed by atoms with Crippen LogP contribution in [0.25, 0.3) is 0 Å². The molecule has 0 aromatic heterocycles. The fraction of sp³-hybridized carbons (Fsp3) is 0.529. The number of benzene rings is 1. The van der Waals surface area contributed by atoms with E-state index in [1.54, 1.807) is 0 Å². The summed E-state index contributed by atoms with van der Waals surface area (Å²) in [5.41, 5.74) is 12.3. The molecule has 0 spiro atoms. The molecule has 0 atom stereocenters. The second-order valence-corrected chi connectivity index (χ2v) is 5.69. The van der Waals surface area contributed by atoms with Crippen LogP contribution in [0.5, 0.6) is 0 Å². The van der Waals surface area contributed by atoms with Gasteiger partial charge >= 0.3 is 0 Å². The van der Waals surface area contributed by atoms with Crippen molar-refractivity contribution in [1.82, 2.24) is 10.4 Å². The van der Waals surface area contributed by atoms with Crippen LogP contribution >= 0.6 is 0 Å². The van der Waals surface area contributed by atoms with Gasteiger partial charge in [-0.3, -0.25) is 5.01 Å². The Morgan fingerprint density at radius 1 is 1.20 bits per heavy atom. The third-order valence-electron chi connectivity index (χ3n) is 4.36. The molecule has 0 aliphatic heterocycles. The molecule has 3 nitrogen and oxygen atoms in total. The Morgan fingerprint density at radius 2 is 1.85 bits per heavy atom. The summed E-state index contributed by atoms with van der Waals surface area (Å²) in [6.07, 6.45) is 7.56. The SMILES string of the molecule is CNN(C)/C(N)=C(\Cc1ccccc1)C1CCCCC1. The number of nitrogens with two attached hydrogens (primary N) is 1. The maximum Gasteiger partial charge on any atom is 0.113 e. The highest BCUT2D eigenvalue weighted by Gasteiger charge is 2.21. The normalized spacial score (nSPS) is 17.7. The maximum absolute atomic E-state index is 6.39. The third kappa shape index (κ3) is 3.76. The predicted molar refractivity (Wildman–Crippen MR) is 84.8 cm³/mol. The van der Waals surface area contributed by atoms with Gasteiger partial charge in [0.2, 0.25) is 0 Å². The second kappa shape index (κ2) is 7.34. The van der Waals surface area contributed by atoms with E-state index in [4.69, 9.17) is 5.73 Å². The van der Waals surface area contributed by atoms with E-state index in [1.165, 1.54) is 43.2 Å². The molecule has 110 valence electrons. The van der Waals surface area contributed by atoms with Crippen LogP contribution in [-0.4, -0.2) is 19.1 Å². The van der Waals surface area contributed by atoms with E-state index < -0.39 is 0 Å². The van der Waals surface area contributed by atoms with Gasteiger partial charge in [-0.2, -0.15) is 0 Å². The lowest BCUT2D eigenvalue weighted by Crippen LogP contribution is -2.36. The molecule has 0 saturated heterocycles. The summed E-state index contributed by atoms with van der Waals surface area (Å²) < 4.78 is 0. The Balaban J connectivity index is 2.23. The topological polar surface area (TPSA) is 41.3 Å². The van der Waals surface area contributed by atoms with Gasteiger partial charge in [-0.1, -0.05) is 49.6 Å². The molecule has 1 aromatic carbocycles. The second-order valence-electron chi connectivity index (χ2n) is 5.69. The molecule has 3 N–H and O–H groups in total. The number of allylic oxidation sites excluding steroid dienone is 1. The van der Waals surface area contributed by atoms with Crippen LogP contribution in [0.4, 0.5) is 0 Å². The summed E-state index contributed by atoms with van der Waals surface area (Å²) in [6, 6.07) is 10.7. The van der Waals surface area contributed by atoms with Crippen molar-refractivity contribution in [3.8, 4) is 0 Å². The molecule has 1 fully saturated rings. The Labute approximate surface area is 122 Å². The summed E-state index contributed by atoms with van der Waals surface area (Å²) in [7, 11) is 3.90. The lowest BCUT2D eigenvalue weighted by molar-refractivity contribution is 0.309. The predicted octanol–water partition coefficient (Wildman–Crippen LogP) is 3.05. The number of nitrogens with one attached hydrogen (secondary N) is 1. The van der Waals surface area contributed by atoms with Crippen LogP contribution in [-0.2, 0) is 6.42 Å². The van der Waals surface area contributed by atoms with E-state index >= 15 is 0 Å². The zero-order valence-electron chi connectivity index (χ0n) is 12.7. The molecule has 1 aliphatic carbocycles. The number of hydrogen-bond donors (Lipinski definition) is 2. The molecule has 2 rings (SSSR count). The molecule has 1 aromatic rings. The minimum Gasteiger partial charge on any atom is -0.384 e. The molecule has 0 radical (unpaired) electrons. The van der Waals surface area contributed by atoms with E-state index in [-0.39, 0.29) is 0 Å². The summed E-state index contributed by atoms with van der Waals surface area (Å²) >= 11 is 0. The molecule has 0 bridgehead atoms. The van der Waals surface area contributed by atoms with Crippen LogP contribution in [0, 0.1) is 5.92 Å². The number of nitrogens with zero attached hydrogens (tertiary/aromatic N) is 1. The zero-order valence-corrected chi connectivity index (χ0v) is 12.7. The fourth-order valence-electron chi connectivity index (χ4n) is 3.05. The number of rotatable bonds is 5. The largest absolute Gasteiger partial charge is 0.384 e. The van der Waals surface area contributed by atoms with E-state index in [2.05, 4.69) is 35.8 Å². The number of hydrazine groups is 1. The van der Waals surface area contributed by atoms with Crippen molar-refractivity contribution in [3.63, 3.8) is 0 Å². The molecule has 1 aliphatic rings. The lowest BCUT2D eigenvalue weighted by atomic mass is 9.81.